The summed E-state index contributed by atoms with van der Waals surface area (Å²) < 4.78 is 102. The third-order valence-electron chi connectivity index (χ3n) is 1.03. The monoisotopic (exact) mass is 380 g/mol. The summed E-state index contributed by atoms with van der Waals surface area (Å²) in [6.07, 6.45) is -5.58. The highest BCUT2D eigenvalue weighted by Crippen LogP contribution is 2.32. The largest absolute Gasteiger partial charge is 0.457 e. The summed E-state index contributed by atoms with van der Waals surface area (Å²) in [5.41, 5.74) is 0. The Hall–Kier alpha value is -0.420. The van der Waals surface area contributed by atoms with Crippen molar-refractivity contribution in [2.24, 2.45) is 0 Å². The summed E-state index contributed by atoms with van der Waals surface area (Å²) in [5, 5.41) is -14.1. The number of carbonyl (C=O) groups excluding carboxylic acids is 2. The molecule has 0 fully saturated rings. The molecular formula is C6Cl3F9O2. The van der Waals surface area contributed by atoms with E-state index < -0.39 is 33.9 Å². The smallest absolute Gasteiger partial charge is 0.283 e. The molecule has 0 bridgehead atoms. The summed E-state index contributed by atoms with van der Waals surface area (Å²) >= 11 is 11.6. The fraction of sp³-hybridized carbons (Fsp3) is 0.667. The van der Waals surface area contributed by atoms with Crippen LogP contribution in [-0.4, -0.2) is 33.9 Å². The van der Waals surface area contributed by atoms with Crippen LogP contribution >= 0.6 is 34.8 Å². The molecule has 0 N–H and O–H groups in total. The number of ketones is 2. The van der Waals surface area contributed by atoms with Crippen LogP contribution < -0.4 is 0 Å². The Morgan fingerprint density at radius 3 is 0.750 bits per heavy atom. The van der Waals surface area contributed by atoms with Gasteiger partial charge in [-0.1, -0.05) is 0 Å². The maximum Gasteiger partial charge on any atom is 0.457 e. The number of rotatable bonds is 3. The fourth-order valence-electron chi connectivity index (χ4n) is 0.321. The van der Waals surface area contributed by atoms with Crippen molar-refractivity contribution in [3.63, 3.8) is 0 Å². The first kappa shape index (κ1) is 21.9. The number of Topliss-reactive ketones (excluding diaryl/α,β-unsaturated/α-hetero) is 2. The molecule has 0 rings (SSSR count). The molecule has 0 aliphatic carbocycles. The van der Waals surface area contributed by atoms with Gasteiger partial charge in [0.25, 0.3) is 0 Å². The second-order valence-electron chi connectivity index (χ2n) is 2.65. The zero-order chi connectivity index (χ0) is 17.2. The topological polar surface area (TPSA) is 34.1 Å². The molecule has 0 saturated carbocycles. The van der Waals surface area contributed by atoms with E-state index in [0.29, 0.717) is 0 Å². The third kappa shape index (κ3) is 8.69. The summed E-state index contributed by atoms with van der Waals surface area (Å²) in [6.45, 7) is 0. The third-order valence-corrected chi connectivity index (χ3v) is 1.54. The van der Waals surface area contributed by atoms with Crippen LogP contribution in [0.2, 0.25) is 0 Å². The first-order chi connectivity index (χ1) is 8.31. The predicted molar refractivity (Wildman–Crippen MR) is 48.5 cm³/mol. The molecule has 0 aliphatic rings. The van der Waals surface area contributed by atoms with Crippen LogP contribution in [0.4, 0.5) is 39.5 Å². The molecule has 14 heteroatoms. The van der Waals surface area contributed by atoms with E-state index in [1.165, 1.54) is 0 Å². The van der Waals surface area contributed by atoms with Gasteiger partial charge in [-0.3, -0.25) is 9.59 Å². The zero-order valence-electron chi connectivity index (χ0n) is 8.35. The van der Waals surface area contributed by atoms with Gasteiger partial charge in [0.05, 0.1) is 0 Å². The van der Waals surface area contributed by atoms with Gasteiger partial charge in [-0.25, -0.2) is 0 Å². The Bertz CT molecular complexity index is 294. The van der Waals surface area contributed by atoms with E-state index in [0.717, 1.165) is 0 Å². The molecule has 0 aromatic carbocycles. The lowest BCUT2D eigenvalue weighted by atomic mass is 10.4. The molecule has 20 heavy (non-hydrogen) atoms. The quantitative estimate of drug-likeness (QED) is 0.543. The Morgan fingerprint density at radius 2 is 0.750 bits per heavy atom. The van der Waals surface area contributed by atoms with Crippen LogP contribution in [0.15, 0.2) is 0 Å². The van der Waals surface area contributed by atoms with Crippen LogP contribution in [0.5, 0.6) is 0 Å². The second kappa shape index (κ2) is 6.56. The van der Waals surface area contributed by atoms with Gasteiger partial charge in [0.1, 0.15) is 0 Å². The molecule has 0 aliphatic heterocycles. The van der Waals surface area contributed by atoms with Crippen molar-refractivity contribution in [2.75, 3.05) is 0 Å². The Labute approximate surface area is 118 Å². The van der Waals surface area contributed by atoms with Crippen molar-refractivity contribution in [2.45, 2.75) is 22.3 Å². The summed E-state index contributed by atoms with van der Waals surface area (Å²) in [7, 11) is 0. The highest BCUT2D eigenvalue weighted by atomic mass is 35.5. The molecule has 0 aromatic heterocycles. The average Bonchev–Trinajstić information content (AvgIpc) is 2.10. The van der Waals surface area contributed by atoms with E-state index in [1.807, 2.05) is 0 Å². The summed E-state index contributed by atoms with van der Waals surface area (Å²) in [5.74, 6) is -6.06. The van der Waals surface area contributed by atoms with E-state index in [4.69, 9.17) is 0 Å². The molecule has 120 valence electrons. The van der Waals surface area contributed by atoms with Crippen LogP contribution in [0.3, 0.4) is 0 Å². The maximum atomic E-state index is 11.5. The Morgan fingerprint density at radius 1 is 0.550 bits per heavy atom. The SMILES string of the molecule is O=C(C(F)(F)Cl)C(F)(F)Cl.O=C(C(F)(F)F)C(F)(F)Cl. The number of carbonyl (C=O) groups is 2. The van der Waals surface area contributed by atoms with Gasteiger partial charge in [-0.2, -0.15) is 39.5 Å². The highest BCUT2D eigenvalue weighted by Gasteiger charge is 2.54. The molecule has 0 heterocycles. The number of halogens is 12. The van der Waals surface area contributed by atoms with Gasteiger partial charge >= 0.3 is 33.9 Å². The highest BCUT2D eigenvalue weighted by molar-refractivity contribution is 6.41. The van der Waals surface area contributed by atoms with Crippen molar-refractivity contribution >= 4 is 46.4 Å². The van der Waals surface area contributed by atoms with Gasteiger partial charge in [-0.05, 0) is 34.8 Å². The van der Waals surface area contributed by atoms with E-state index >= 15 is 0 Å². The molecule has 0 spiro atoms. The van der Waals surface area contributed by atoms with E-state index in [2.05, 4.69) is 34.8 Å². The minimum absolute atomic E-state index is 2.82. The van der Waals surface area contributed by atoms with E-state index in [-0.39, 0.29) is 0 Å². The van der Waals surface area contributed by atoms with Crippen LogP contribution in [0.25, 0.3) is 0 Å². The molecule has 0 aromatic rings. The lowest BCUT2D eigenvalue weighted by molar-refractivity contribution is -0.186. The Kier molecular flexibility index (Phi) is 7.18. The number of hydrogen-bond donors (Lipinski definition) is 0. The number of hydrogen-bond acceptors (Lipinski definition) is 2. The molecule has 0 amide bonds. The average molecular weight is 381 g/mol. The summed E-state index contributed by atoms with van der Waals surface area (Å²) in [4.78, 5) is 19.2. The molecular weight excluding hydrogens is 381 g/mol. The van der Waals surface area contributed by atoms with Crippen molar-refractivity contribution in [1.82, 2.24) is 0 Å². The molecule has 0 unspecified atom stereocenters. The van der Waals surface area contributed by atoms with Gasteiger partial charge in [0, 0.05) is 0 Å². The number of alkyl halides is 12. The predicted octanol–water partition coefficient (Wildman–Crippen LogP) is 4.17. The first-order valence-corrected chi connectivity index (χ1v) is 4.81. The normalized spacial score (nSPS) is 13.4. The van der Waals surface area contributed by atoms with Crippen LogP contribution in [-0.2, 0) is 9.59 Å². The first-order valence-electron chi connectivity index (χ1n) is 3.68. The van der Waals surface area contributed by atoms with Crippen molar-refractivity contribution in [1.29, 1.82) is 0 Å². The standard InChI is InChI=1S/C3Cl2F4O.C3ClF5O/c4-2(6,7)1(10)3(5,8)9;4-2(5,6)1(10)3(7,8)9. The minimum atomic E-state index is -5.58. The van der Waals surface area contributed by atoms with Crippen LogP contribution in [0, 0.1) is 0 Å². The Balaban J connectivity index is 0. The van der Waals surface area contributed by atoms with Gasteiger partial charge in [0.15, 0.2) is 0 Å². The lowest BCUT2D eigenvalue weighted by Crippen LogP contribution is -2.35. The van der Waals surface area contributed by atoms with Crippen LogP contribution in [0.1, 0.15) is 0 Å². The van der Waals surface area contributed by atoms with Gasteiger partial charge in [-0.15, -0.1) is 0 Å². The molecule has 0 saturated heterocycles. The fourth-order valence-corrected chi connectivity index (χ4v) is 0.714. The van der Waals surface area contributed by atoms with Crippen molar-refractivity contribution in [3.05, 3.63) is 0 Å². The lowest BCUT2D eigenvalue weighted by Gasteiger charge is -2.09. The van der Waals surface area contributed by atoms with Gasteiger partial charge in [0.2, 0.25) is 0 Å². The molecule has 2 nitrogen and oxygen atoms in total. The zero-order valence-corrected chi connectivity index (χ0v) is 10.6. The molecule has 0 atom stereocenters. The van der Waals surface area contributed by atoms with E-state index in [9.17, 15) is 49.1 Å². The van der Waals surface area contributed by atoms with Crippen molar-refractivity contribution in [3.8, 4) is 0 Å². The van der Waals surface area contributed by atoms with E-state index in [1.54, 1.807) is 0 Å². The second-order valence-corrected chi connectivity index (χ2v) is 4.07. The maximum absolute atomic E-state index is 11.5. The summed E-state index contributed by atoms with van der Waals surface area (Å²) in [6, 6.07) is 0. The van der Waals surface area contributed by atoms with Gasteiger partial charge < -0.3 is 0 Å². The van der Waals surface area contributed by atoms with Crippen molar-refractivity contribution < 1.29 is 49.1 Å². The molecule has 0 radical (unpaired) electrons. The minimum Gasteiger partial charge on any atom is -0.283 e.